The Balaban J connectivity index is 1.54. The highest BCUT2D eigenvalue weighted by atomic mass is 16.5. The van der Waals surface area contributed by atoms with Crippen molar-refractivity contribution in [3.8, 4) is 17.2 Å². The van der Waals surface area contributed by atoms with Crippen LogP contribution in [0.2, 0.25) is 0 Å². The number of ether oxygens (including phenoxy) is 2. The van der Waals surface area contributed by atoms with Crippen molar-refractivity contribution in [2.45, 2.75) is 26.1 Å². The number of hydrogen-bond acceptors (Lipinski definition) is 7. The number of aromatic hydroxyl groups is 1. The van der Waals surface area contributed by atoms with Gasteiger partial charge >= 0.3 is 0 Å². The lowest BCUT2D eigenvalue weighted by Crippen LogP contribution is -2.29. The molecule has 1 aliphatic heterocycles. The number of likely N-dealkylation sites (tertiary alicyclic amines) is 1. The van der Waals surface area contributed by atoms with Crippen molar-refractivity contribution in [2.24, 2.45) is 0 Å². The molecule has 2 heterocycles. The largest absolute Gasteiger partial charge is 0.507 e. The Morgan fingerprint density at radius 2 is 1.73 bits per heavy atom. The topological polar surface area (TPSA) is 109 Å². The van der Waals surface area contributed by atoms with E-state index >= 15 is 0 Å². The van der Waals surface area contributed by atoms with Gasteiger partial charge in [0.2, 0.25) is 0 Å². The lowest BCUT2D eigenvalue weighted by molar-refractivity contribution is -0.140. The second-order valence-corrected chi connectivity index (χ2v) is 9.47. The van der Waals surface area contributed by atoms with E-state index < -0.39 is 17.7 Å². The molecule has 1 saturated heterocycles. The van der Waals surface area contributed by atoms with Crippen LogP contribution in [0, 0.1) is 6.92 Å². The van der Waals surface area contributed by atoms with E-state index in [-0.39, 0.29) is 29.4 Å². The maximum absolute atomic E-state index is 13.4. The predicted octanol–water partition coefficient (Wildman–Crippen LogP) is 5.31. The molecule has 0 aliphatic carbocycles. The maximum atomic E-state index is 13.4. The van der Waals surface area contributed by atoms with Crippen molar-refractivity contribution in [1.29, 1.82) is 0 Å². The number of pyridine rings is 1. The second-order valence-electron chi connectivity index (χ2n) is 9.47. The minimum atomic E-state index is -0.927. The molecule has 0 radical (unpaired) electrons. The number of carbonyl (C=O) groups excluding carboxylic acids is 2. The number of Topliss-reactive ketones (excluding diaryl/α,β-unsaturated/α-hetero) is 1. The Hall–Kier alpha value is -5.11. The molecule has 8 nitrogen and oxygen atoms in total. The summed E-state index contributed by atoms with van der Waals surface area (Å²) >= 11 is 0. The molecular weight excluding hydrogens is 508 g/mol. The smallest absolute Gasteiger partial charge is 0.295 e. The number of nitrogens with zero attached hydrogens (tertiary/aromatic N) is 2. The highest BCUT2D eigenvalue weighted by Crippen LogP contribution is 2.42. The molecule has 1 aromatic heterocycles. The quantitative estimate of drug-likeness (QED) is 0.179. The molecule has 202 valence electrons. The van der Waals surface area contributed by atoms with Crippen LogP contribution in [0.15, 0.2) is 96.8 Å². The number of ketones is 1. The summed E-state index contributed by atoms with van der Waals surface area (Å²) in [6.07, 6.45) is 3.24. The lowest BCUT2D eigenvalue weighted by atomic mass is 9.94. The Morgan fingerprint density at radius 3 is 2.42 bits per heavy atom. The summed E-state index contributed by atoms with van der Waals surface area (Å²) in [5, 5.41) is 21.6. The highest BCUT2D eigenvalue weighted by Gasteiger charge is 2.46. The molecule has 5 rings (SSSR count). The van der Waals surface area contributed by atoms with Gasteiger partial charge in [-0.05, 0) is 65.6 Å². The average molecular weight is 537 g/mol. The molecule has 40 heavy (non-hydrogen) atoms. The number of methoxy groups -OCH3 is 1. The van der Waals surface area contributed by atoms with E-state index in [9.17, 15) is 19.8 Å². The number of aromatic nitrogens is 1. The molecular formula is C32H28N2O6. The van der Waals surface area contributed by atoms with E-state index in [1.807, 2.05) is 37.3 Å². The first-order valence-corrected chi connectivity index (χ1v) is 12.7. The van der Waals surface area contributed by atoms with Gasteiger partial charge in [0.1, 0.15) is 18.1 Å². The van der Waals surface area contributed by atoms with Crippen LogP contribution in [0.1, 0.15) is 33.9 Å². The number of benzene rings is 3. The molecule has 8 heteroatoms. The van der Waals surface area contributed by atoms with E-state index in [4.69, 9.17) is 9.47 Å². The summed E-state index contributed by atoms with van der Waals surface area (Å²) in [6, 6.07) is 22.1. The Labute approximate surface area is 231 Å². The number of aryl methyl sites for hydroxylation is 1. The molecule has 4 aromatic rings. The van der Waals surface area contributed by atoms with Gasteiger partial charge in [0, 0.05) is 24.5 Å². The van der Waals surface area contributed by atoms with Crippen molar-refractivity contribution in [1.82, 2.24) is 9.88 Å². The van der Waals surface area contributed by atoms with Crippen LogP contribution in [0.4, 0.5) is 0 Å². The second kappa shape index (κ2) is 11.3. The van der Waals surface area contributed by atoms with Crippen LogP contribution < -0.4 is 9.47 Å². The zero-order valence-corrected chi connectivity index (χ0v) is 22.1. The third kappa shape index (κ3) is 5.24. The van der Waals surface area contributed by atoms with Gasteiger partial charge in [0.25, 0.3) is 11.7 Å². The zero-order valence-electron chi connectivity index (χ0n) is 22.1. The molecule has 2 N–H and O–H groups in total. The Bertz CT molecular complexity index is 1580. The summed E-state index contributed by atoms with van der Waals surface area (Å²) in [5.74, 6) is -1.13. The highest BCUT2D eigenvalue weighted by molar-refractivity contribution is 6.46. The molecule has 0 unspecified atom stereocenters. The molecule has 1 fully saturated rings. The summed E-state index contributed by atoms with van der Waals surface area (Å²) in [5.41, 5.74) is 3.31. The maximum Gasteiger partial charge on any atom is 0.295 e. The number of aliphatic hydroxyl groups excluding tert-OH is 1. The monoisotopic (exact) mass is 536 g/mol. The fourth-order valence-electron chi connectivity index (χ4n) is 4.79. The van der Waals surface area contributed by atoms with Crippen LogP contribution in [-0.2, 0) is 22.7 Å². The first-order chi connectivity index (χ1) is 19.4. The normalized spacial score (nSPS) is 16.2. The summed E-state index contributed by atoms with van der Waals surface area (Å²) in [7, 11) is 1.41. The van der Waals surface area contributed by atoms with Crippen molar-refractivity contribution >= 4 is 17.4 Å². The number of aliphatic hydroxyl groups is 1. The van der Waals surface area contributed by atoms with Crippen LogP contribution in [0.5, 0.6) is 17.2 Å². The fraction of sp³-hybridized carbons (Fsp3) is 0.156. The van der Waals surface area contributed by atoms with Crippen LogP contribution >= 0.6 is 0 Å². The number of carbonyl (C=O) groups is 2. The third-order valence-corrected chi connectivity index (χ3v) is 6.82. The molecule has 1 amide bonds. The third-order valence-electron chi connectivity index (χ3n) is 6.82. The van der Waals surface area contributed by atoms with Gasteiger partial charge in [-0.2, -0.15) is 0 Å². The average Bonchev–Trinajstić information content (AvgIpc) is 3.22. The summed E-state index contributed by atoms with van der Waals surface area (Å²) in [6.45, 7) is 2.32. The number of rotatable bonds is 8. The van der Waals surface area contributed by atoms with Gasteiger partial charge in [-0.25, -0.2) is 0 Å². The van der Waals surface area contributed by atoms with Gasteiger partial charge < -0.3 is 24.6 Å². The molecule has 3 aromatic carbocycles. The number of phenols is 1. The van der Waals surface area contributed by atoms with Gasteiger partial charge in [-0.1, -0.05) is 42.5 Å². The minimum absolute atomic E-state index is 0.0565. The van der Waals surface area contributed by atoms with E-state index in [0.29, 0.717) is 23.5 Å². The Morgan fingerprint density at radius 1 is 0.950 bits per heavy atom. The molecule has 0 bridgehead atoms. The molecule has 0 saturated carbocycles. The fourth-order valence-corrected chi connectivity index (χ4v) is 4.79. The zero-order chi connectivity index (χ0) is 28.2. The van der Waals surface area contributed by atoms with E-state index in [1.165, 1.54) is 18.1 Å². The Kier molecular flexibility index (Phi) is 7.50. The van der Waals surface area contributed by atoms with Gasteiger partial charge in [-0.3, -0.25) is 14.6 Å². The van der Waals surface area contributed by atoms with Crippen LogP contribution in [0.3, 0.4) is 0 Å². The molecule has 1 aliphatic rings. The SMILES string of the molecule is COc1cc([C@@H]2C(=C(O)c3ccc(OCc4ccccc4)c(C)c3)C(=O)C(=O)N2Cc2cccnc2)ccc1O. The molecule has 1 atom stereocenters. The van der Waals surface area contributed by atoms with Crippen molar-refractivity contribution < 1.29 is 29.3 Å². The van der Waals surface area contributed by atoms with Crippen molar-refractivity contribution in [3.63, 3.8) is 0 Å². The van der Waals surface area contributed by atoms with Crippen molar-refractivity contribution in [3.05, 3.63) is 125 Å². The number of phenolic OH excluding ortho intramolecular Hbond substituents is 1. The summed E-state index contributed by atoms with van der Waals surface area (Å²) in [4.78, 5) is 32.2. The first-order valence-electron chi connectivity index (χ1n) is 12.7. The number of amides is 1. The van der Waals surface area contributed by atoms with E-state index in [2.05, 4.69) is 4.98 Å². The molecule has 0 spiro atoms. The van der Waals surface area contributed by atoms with E-state index in [0.717, 1.165) is 16.7 Å². The predicted molar refractivity (Wildman–Crippen MR) is 149 cm³/mol. The van der Waals surface area contributed by atoms with Crippen molar-refractivity contribution in [2.75, 3.05) is 7.11 Å². The van der Waals surface area contributed by atoms with Gasteiger partial charge in [-0.15, -0.1) is 0 Å². The number of hydrogen-bond donors (Lipinski definition) is 2. The van der Waals surface area contributed by atoms with E-state index in [1.54, 1.807) is 54.9 Å². The van der Waals surface area contributed by atoms with Crippen LogP contribution in [0.25, 0.3) is 5.76 Å². The lowest BCUT2D eigenvalue weighted by Gasteiger charge is -2.26. The summed E-state index contributed by atoms with van der Waals surface area (Å²) < 4.78 is 11.2. The van der Waals surface area contributed by atoms with Gasteiger partial charge in [0.15, 0.2) is 11.5 Å². The minimum Gasteiger partial charge on any atom is -0.507 e. The standard InChI is InChI=1S/C32H28N2O6/c1-20-15-24(11-13-26(20)40-19-21-7-4-3-5-8-21)30(36)28-29(23-10-12-25(35)27(16-23)39-2)34(32(38)31(28)37)18-22-9-6-14-33-17-22/h3-17,29,35-36H,18-19H2,1-2H3/t29-/m1/s1. The van der Waals surface area contributed by atoms with Gasteiger partial charge in [0.05, 0.1) is 18.7 Å². The van der Waals surface area contributed by atoms with Crippen LogP contribution in [-0.4, -0.2) is 38.9 Å². The first kappa shape index (κ1) is 26.5.